The fourth-order valence-corrected chi connectivity index (χ4v) is 3.61. The number of rotatable bonds is 5. The molecule has 24 heavy (non-hydrogen) atoms. The van der Waals surface area contributed by atoms with Crippen LogP contribution in [-0.4, -0.2) is 36.0 Å². The number of nitrogens with zero attached hydrogens (tertiary/aromatic N) is 1. The molecule has 1 aromatic carbocycles. The number of hydrogen-bond acceptors (Lipinski definition) is 3. The molecule has 2 rings (SSSR count). The molecule has 3 atom stereocenters. The number of nitrogens with two attached hydrogens (primary N) is 1. The second kappa shape index (κ2) is 7.66. The van der Waals surface area contributed by atoms with E-state index in [0.717, 1.165) is 18.7 Å². The quantitative estimate of drug-likeness (QED) is 0.872. The molecule has 4 nitrogen and oxygen atoms in total. The summed E-state index contributed by atoms with van der Waals surface area (Å²) in [6.07, 6.45) is 1.29. The first-order valence-electron chi connectivity index (χ1n) is 9.04. The third-order valence-electron chi connectivity index (χ3n) is 5.14. The monoisotopic (exact) mass is 331 g/mol. The summed E-state index contributed by atoms with van der Waals surface area (Å²) in [7, 11) is 0. The first-order chi connectivity index (χ1) is 11.2. The minimum atomic E-state index is -0.611. The van der Waals surface area contributed by atoms with Gasteiger partial charge in [0.25, 0.3) is 0 Å². The minimum absolute atomic E-state index is 0.0639. The molecular weight excluding hydrogens is 298 g/mol. The summed E-state index contributed by atoms with van der Waals surface area (Å²) >= 11 is 0. The Morgan fingerprint density at radius 3 is 2.33 bits per heavy atom. The Bertz CT molecular complexity index is 543. The van der Waals surface area contributed by atoms with Gasteiger partial charge in [-0.3, -0.25) is 9.69 Å². The van der Waals surface area contributed by atoms with Crippen molar-refractivity contribution in [1.82, 2.24) is 10.2 Å². The van der Waals surface area contributed by atoms with Crippen molar-refractivity contribution in [1.29, 1.82) is 0 Å². The number of nitrogens with one attached hydrogen (secondary N) is 1. The molecule has 0 radical (unpaired) electrons. The van der Waals surface area contributed by atoms with Crippen molar-refractivity contribution in [2.24, 2.45) is 17.6 Å². The van der Waals surface area contributed by atoms with E-state index in [9.17, 15) is 4.79 Å². The van der Waals surface area contributed by atoms with Gasteiger partial charge in [-0.15, -0.1) is 0 Å². The van der Waals surface area contributed by atoms with Crippen molar-refractivity contribution in [2.45, 2.75) is 52.6 Å². The van der Waals surface area contributed by atoms with Crippen LogP contribution >= 0.6 is 0 Å². The van der Waals surface area contributed by atoms with Crippen molar-refractivity contribution in [2.75, 3.05) is 19.6 Å². The second-order valence-corrected chi connectivity index (χ2v) is 8.27. The largest absolute Gasteiger partial charge is 0.353 e. The van der Waals surface area contributed by atoms with Crippen LogP contribution in [0.2, 0.25) is 0 Å². The van der Waals surface area contributed by atoms with Gasteiger partial charge in [0.15, 0.2) is 0 Å². The molecule has 1 saturated heterocycles. The van der Waals surface area contributed by atoms with E-state index >= 15 is 0 Å². The van der Waals surface area contributed by atoms with Crippen LogP contribution in [0.4, 0.5) is 0 Å². The third kappa shape index (κ3) is 4.81. The highest BCUT2D eigenvalue weighted by molar-refractivity contribution is 5.83. The van der Waals surface area contributed by atoms with Gasteiger partial charge < -0.3 is 11.1 Å². The summed E-state index contributed by atoms with van der Waals surface area (Å²) in [5.74, 6) is 1.31. The normalized spacial score (nSPS) is 23.8. The predicted octanol–water partition coefficient (Wildman–Crippen LogP) is 2.87. The summed E-state index contributed by atoms with van der Waals surface area (Å²) in [6.45, 7) is 13.9. The van der Waals surface area contributed by atoms with Gasteiger partial charge in [0.1, 0.15) is 6.04 Å². The zero-order chi connectivity index (χ0) is 17.9. The lowest BCUT2D eigenvalue weighted by Crippen LogP contribution is -2.56. The van der Waals surface area contributed by atoms with Gasteiger partial charge in [0, 0.05) is 25.2 Å². The molecule has 1 aliphatic heterocycles. The zero-order valence-electron chi connectivity index (χ0n) is 15.8. The first-order valence-corrected chi connectivity index (χ1v) is 9.04. The van der Waals surface area contributed by atoms with Crippen LogP contribution in [0.25, 0.3) is 0 Å². The van der Waals surface area contributed by atoms with E-state index in [2.05, 4.69) is 37.9 Å². The Morgan fingerprint density at radius 1 is 1.25 bits per heavy atom. The van der Waals surface area contributed by atoms with Crippen LogP contribution in [0.1, 0.15) is 51.3 Å². The highest BCUT2D eigenvalue weighted by atomic mass is 16.2. The van der Waals surface area contributed by atoms with Gasteiger partial charge in [-0.1, -0.05) is 43.7 Å². The van der Waals surface area contributed by atoms with Crippen LogP contribution in [0.5, 0.6) is 0 Å². The summed E-state index contributed by atoms with van der Waals surface area (Å²) in [5.41, 5.74) is 8.08. The predicted molar refractivity (Wildman–Crippen MR) is 99.7 cm³/mol. The highest BCUT2D eigenvalue weighted by Crippen LogP contribution is 2.27. The smallest absolute Gasteiger partial charge is 0.241 e. The van der Waals surface area contributed by atoms with Crippen molar-refractivity contribution in [3.05, 3.63) is 35.4 Å². The van der Waals surface area contributed by atoms with Gasteiger partial charge in [-0.2, -0.15) is 0 Å². The van der Waals surface area contributed by atoms with Crippen LogP contribution < -0.4 is 11.1 Å². The molecule has 4 heteroatoms. The summed E-state index contributed by atoms with van der Waals surface area (Å²) in [6, 6.07) is 7.23. The number of likely N-dealkylation sites (tertiary alicyclic amines) is 1. The number of aryl methyl sites for hydroxylation is 1. The van der Waals surface area contributed by atoms with Crippen molar-refractivity contribution >= 4 is 5.91 Å². The SMILES string of the molecule is Cc1ccc(C(N)C(=O)NCC(C)(C)N2CC(C)CC(C)C2)cc1. The van der Waals surface area contributed by atoms with E-state index in [-0.39, 0.29) is 11.4 Å². The lowest BCUT2D eigenvalue weighted by Gasteiger charge is -2.45. The molecule has 0 aromatic heterocycles. The molecule has 1 amide bonds. The molecule has 1 heterocycles. The average molecular weight is 332 g/mol. The summed E-state index contributed by atoms with van der Waals surface area (Å²) < 4.78 is 0. The molecule has 1 fully saturated rings. The zero-order valence-corrected chi connectivity index (χ0v) is 15.8. The molecular formula is C20H33N3O. The van der Waals surface area contributed by atoms with E-state index in [1.54, 1.807) is 0 Å². The molecule has 1 aliphatic rings. The number of amides is 1. The fourth-order valence-electron chi connectivity index (χ4n) is 3.61. The maximum atomic E-state index is 12.4. The first kappa shape index (κ1) is 18.9. The molecule has 0 aliphatic carbocycles. The van der Waals surface area contributed by atoms with Gasteiger partial charge >= 0.3 is 0 Å². The standard InChI is InChI=1S/C20H33N3O/c1-14-6-8-17(9-7-14)18(21)19(24)22-13-20(4,5)23-11-15(2)10-16(3)12-23/h6-9,15-16,18H,10-13,21H2,1-5H3,(H,22,24). The van der Waals surface area contributed by atoms with Gasteiger partial charge in [0.2, 0.25) is 5.91 Å². The molecule has 0 spiro atoms. The Labute approximate surface area is 146 Å². The maximum absolute atomic E-state index is 12.4. The molecule has 0 bridgehead atoms. The third-order valence-corrected chi connectivity index (χ3v) is 5.14. The summed E-state index contributed by atoms with van der Waals surface area (Å²) in [5, 5.41) is 3.06. The molecule has 1 aromatic rings. The molecule has 134 valence electrons. The van der Waals surface area contributed by atoms with E-state index in [4.69, 9.17) is 5.73 Å². The topological polar surface area (TPSA) is 58.4 Å². The van der Waals surface area contributed by atoms with Crippen LogP contribution in [-0.2, 0) is 4.79 Å². The van der Waals surface area contributed by atoms with E-state index in [1.807, 2.05) is 31.2 Å². The fraction of sp³-hybridized carbons (Fsp3) is 0.650. The van der Waals surface area contributed by atoms with Crippen LogP contribution in [0, 0.1) is 18.8 Å². The Hall–Kier alpha value is -1.39. The molecule has 3 N–H and O–H groups in total. The van der Waals surface area contributed by atoms with E-state index in [0.29, 0.717) is 18.4 Å². The molecule has 3 unspecified atom stereocenters. The number of carbonyl (C=O) groups excluding carboxylic acids is 1. The minimum Gasteiger partial charge on any atom is -0.353 e. The number of piperidine rings is 1. The van der Waals surface area contributed by atoms with Crippen molar-refractivity contribution in [3.8, 4) is 0 Å². The Kier molecular flexibility index (Phi) is 6.05. The lowest BCUT2D eigenvalue weighted by molar-refractivity contribution is -0.123. The molecule has 0 saturated carbocycles. The summed E-state index contributed by atoms with van der Waals surface area (Å²) in [4.78, 5) is 14.9. The Balaban J connectivity index is 1.93. The maximum Gasteiger partial charge on any atom is 0.241 e. The van der Waals surface area contributed by atoms with Crippen molar-refractivity contribution < 1.29 is 4.79 Å². The number of benzene rings is 1. The highest BCUT2D eigenvalue weighted by Gasteiger charge is 2.33. The van der Waals surface area contributed by atoms with Crippen LogP contribution in [0.3, 0.4) is 0 Å². The van der Waals surface area contributed by atoms with E-state index < -0.39 is 6.04 Å². The Morgan fingerprint density at radius 2 is 1.79 bits per heavy atom. The van der Waals surface area contributed by atoms with Gasteiger partial charge in [-0.25, -0.2) is 0 Å². The van der Waals surface area contributed by atoms with Crippen LogP contribution in [0.15, 0.2) is 24.3 Å². The number of carbonyl (C=O) groups is 1. The van der Waals surface area contributed by atoms with Crippen molar-refractivity contribution in [3.63, 3.8) is 0 Å². The van der Waals surface area contributed by atoms with E-state index in [1.165, 1.54) is 12.0 Å². The number of hydrogen-bond donors (Lipinski definition) is 2. The second-order valence-electron chi connectivity index (χ2n) is 8.27. The van der Waals surface area contributed by atoms with Gasteiger partial charge in [0.05, 0.1) is 0 Å². The van der Waals surface area contributed by atoms with Gasteiger partial charge in [-0.05, 0) is 44.6 Å². The lowest BCUT2D eigenvalue weighted by atomic mass is 9.88. The average Bonchev–Trinajstić information content (AvgIpc) is 2.52.